The summed E-state index contributed by atoms with van der Waals surface area (Å²) in [6.45, 7) is 0.456. The van der Waals surface area contributed by atoms with Crippen molar-refractivity contribution < 1.29 is 14.3 Å². The van der Waals surface area contributed by atoms with E-state index in [1.165, 1.54) is 12.0 Å². The van der Waals surface area contributed by atoms with Gasteiger partial charge in [-0.15, -0.1) is 0 Å². The molecule has 1 aliphatic rings. The molecule has 0 aromatic heterocycles. The van der Waals surface area contributed by atoms with Gasteiger partial charge in [0.25, 0.3) is 11.7 Å². The van der Waals surface area contributed by atoms with Gasteiger partial charge in [-0.2, -0.15) is 0 Å². The van der Waals surface area contributed by atoms with Gasteiger partial charge in [0.2, 0.25) is 0 Å². The molecule has 0 unspecified atom stereocenters. The van der Waals surface area contributed by atoms with Crippen LogP contribution in [0.2, 0.25) is 0 Å². The van der Waals surface area contributed by atoms with Crippen LogP contribution in [0.15, 0.2) is 18.2 Å². The molecule has 0 saturated heterocycles. The molecular formula is C11H10BrNO3. The number of hydrogen-bond donors (Lipinski definition) is 0. The fourth-order valence-corrected chi connectivity index (χ4v) is 2.14. The average molecular weight is 284 g/mol. The van der Waals surface area contributed by atoms with E-state index < -0.39 is 11.7 Å². The van der Waals surface area contributed by atoms with Crippen molar-refractivity contribution in [3.8, 4) is 5.75 Å². The van der Waals surface area contributed by atoms with Crippen LogP contribution in [0.3, 0.4) is 0 Å². The second-order valence-electron chi connectivity index (χ2n) is 3.33. The number of halogens is 1. The Kier molecular flexibility index (Phi) is 2.96. The summed E-state index contributed by atoms with van der Waals surface area (Å²) in [5.74, 6) is -0.397. The van der Waals surface area contributed by atoms with Crippen molar-refractivity contribution in [2.45, 2.75) is 0 Å². The van der Waals surface area contributed by atoms with E-state index in [9.17, 15) is 9.59 Å². The first-order valence-corrected chi connectivity index (χ1v) is 5.92. The summed E-state index contributed by atoms with van der Waals surface area (Å²) in [5.41, 5.74) is 1.00. The molecule has 0 saturated carbocycles. The number of para-hydroxylation sites is 1. The SMILES string of the molecule is COc1cccc2c1N(CCBr)C(=O)C2=O. The topological polar surface area (TPSA) is 46.6 Å². The Hall–Kier alpha value is -1.36. The number of ketones is 1. The van der Waals surface area contributed by atoms with E-state index in [0.717, 1.165) is 0 Å². The lowest BCUT2D eigenvalue weighted by molar-refractivity contribution is -0.114. The van der Waals surface area contributed by atoms with Crippen molar-refractivity contribution in [1.82, 2.24) is 0 Å². The van der Waals surface area contributed by atoms with Crippen LogP contribution in [0.25, 0.3) is 0 Å². The zero-order chi connectivity index (χ0) is 11.7. The average Bonchev–Trinajstić information content (AvgIpc) is 2.55. The molecule has 0 aliphatic carbocycles. The Bertz CT molecular complexity index is 459. The van der Waals surface area contributed by atoms with Crippen molar-refractivity contribution in [3.05, 3.63) is 23.8 Å². The van der Waals surface area contributed by atoms with E-state index >= 15 is 0 Å². The van der Waals surface area contributed by atoms with Gasteiger partial charge in [-0.1, -0.05) is 22.0 Å². The fourth-order valence-electron chi connectivity index (χ4n) is 1.79. The molecule has 84 valence electrons. The number of carbonyl (C=O) groups excluding carboxylic acids is 2. The number of methoxy groups -OCH3 is 1. The zero-order valence-electron chi connectivity index (χ0n) is 8.70. The lowest BCUT2D eigenvalue weighted by Crippen LogP contribution is -2.31. The lowest BCUT2D eigenvalue weighted by Gasteiger charge is -2.17. The first-order chi connectivity index (χ1) is 7.70. The van der Waals surface area contributed by atoms with E-state index in [2.05, 4.69) is 15.9 Å². The van der Waals surface area contributed by atoms with Gasteiger partial charge in [-0.25, -0.2) is 0 Å². The van der Waals surface area contributed by atoms with E-state index in [4.69, 9.17) is 4.74 Å². The highest BCUT2D eigenvalue weighted by atomic mass is 79.9. The van der Waals surface area contributed by atoms with Crippen LogP contribution >= 0.6 is 15.9 Å². The van der Waals surface area contributed by atoms with Gasteiger partial charge in [0.1, 0.15) is 5.75 Å². The normalized spacial score (nSPS) is 14.2. The standard InChI is InChI=1S/C11H10BrNO3/c1-16-8-4-2-3-7-9(8)13(6-5-12)11(15)10(7)14/h2-4H,5-6H2,1H3. The molecule has 5 heteroatoms. The fraction of sp³-hybridized carbons (Fsp3) is 0.273. The lowest BCUT2D eigenvalue weighted by atomic mass is 10.1. The predicted octanol–water partition coefficient (Wildman–Crippen LogP) is 1.62. The van der Waals surface area contributed by atoms with Crippen LogP contribution in [-0.2, 0) is 4.79 Å². The van der Waals surface area contributed by atoms with Gasteiger partial charge in [-0.3, -0.25) is 9.59 Å². The summed E-state index contributed by atoms with van der Waals surface area (Å²) in [4.78, 5) is 24.9. The molecule has 16 heavy (non-hydrogen) atoms. The summed E-state index contributed by atoms with van der Waals surface area (Å²) in [6, 6.07) is 5.10. The number of benzene rings is 1. The van der Waals surface area contributed by atoms with Gasteiger partial charge >= 0.3 is 0 Å². The van der Waals surface area contributed by atoms with Crippen molar-refractivity contribution in [1.29, 1.82) is 0 Å². The van der Waals surface area contributed by atoms with Gasteiger partial charge < -0.3 is 9.64 Å². The molecule has 0 bridgehead atoms. The van der Waals surface area contributed by atoms with Crippen LogP contribution in [0.1, 0.15) is 10.4 Å². The summed E-state index contributed by atoms with van der Waals surface area (Å²) in [6.07, 6.45) is 0. The van der Waals surface area contributed by atoms with Crippen molar-refractivity contribution in [3.63, 3.8) is 0 Å². The molecule has 1 heterocycles. The molecule has 2 rings (SSSR count). The molecule has 0 radical (unpaired) electrons. The molecule has 1 amide bonds. The highest BCUT2D eigenvalue weighted by Crippen LogP contribution is 2.37. The van der Waals surface area contributed by atoms with E-state index in [1.54, 1.807) is 18.2 Å². The number of fused-ring (bicyclic) bond motifs is 1. The monoisotopic (exact) mass is 283 g/mol. The number of nitrogens with zero attached hydrogens (tertiary/aromatic N) is 1. The molecule has 0 fully saturated rings. The molecule has 1 aromatic rings. The Labute approximate surface area is 101 Å². The number of amides is 1. The van der Waals surface area contributed by atoms with Gasteiger partial charge in [-0.05, 0) is 12.1 Å². The van der Waals surface area contributed by atoms with E-state index in [-0.39, 0.29) is 0 Å². The maximum Gasteiger partial charge on any atom is 0.299 e. The number of hydrogen-bond acceptors (Lipinski definition) is 3. The highest BCUT2D eigenvalue weighted by molar-refractivity contribution is 9.09. The van der Waals surface area contributed by atoms with Crippen LogP contribution in [0, 0.1) is 0 Å². The maximum absolute atomic E-state index is 11.7. The van der Waals surface area contributed by atoms with Gasteiger partial charge in [0.05, 0.1) is 18.4 Å². The minimum absolute atomic E-state index is 0.422. The number of anilines is 1. The van der Waals surface area contributed by atoms with Crippen molar-refractivity contribution in [2.24, 2.45) is 0 Å². The molecule has 0 spiro atoms. The molecule has 1 aliphatic heterocycles. The third-order valence-electron chi connectivity index (χ3n) is 2.48. The van der Waals surface area contributed by atoms with Crippen LogP contribution < -0.4 is 9.64 Å². The van der Waals surface area contributed by atoms with Gasteiger partial charge in [0, 0.05) is 11.9 Å². The summed E-state index contributed by atoms with van der Waals surface area (Å²) in [5, 5.41) is 0.615. The van der Waals surface area contributed by atoms with Crippen molar-refractivity contribution >= 4 is 33.3 Å². The molecular weight excluding hydrogens is 274 g/mol. The van der Waals surface area contributed by atoms with E-state index in [0.29, 0.717) is 28.9 Å². The van der Waals surface area contributed by atoms with E-state index in [1.807, 2.05) is 0 Å². The molecule has 4 nitrogen and oxygen atoms in total. The Balaban J connectivity index is 2.57. The number of rotatable bonds is 3. The number of ether oxygens (including phenoxy) is 1. The minimum atomic E-state index is -0.487. The maximum atomic E-state index is 11.7. The summed E-state index contributed by atoms with van der Waals surface area (Å²) in [7, 11) is 1.52. The summed E-state index contributed by atoms with van der Waals surface area (Å²) >= 11 is 3.26. The smallest absolute Gasteiger partial charge is 0.299 e. The van der Waals surface area contributed by atoms with Gasteiger partial charge in [0.15, 0.2) is 0 Å². The second kappa shape index (κ2) is 4.25. The van der Waals surface area contributed by atoms with Crippen LogP contribution in [0.5, 0.6) is 5.75 Å². The van der Waals surface area contributed by atoms with Crippen molar-refractivity contribution in [2.75, 3.05) is 23.9 Å². The Morgan fingerprint density at radius 3 is 2.75 bits per heavy atom. The predicted molar refractivity (Wildman–Crippen MR) is 63.5 cm³/mol. The first kappa shape index (κ1) is 11.1. The molecule has 0 atom stereocenters. The number of Topliss-reactive ketones (excluding diaryl/α,β-unsaturated/α-hetero) is 1. The number of alkyl halides is 1. The largest absolute Gasteiger partial charge is 0.495 e. The van der Waals surface area contributed by atoms with Crippen LogP contribution in [-0.4, -0.2) is 30.7 Å². The third-order valence-corrected chi connectivity index (χ3v) is 2.84. The summed E-state index contributed by atoms with van der Waals surface area (Å²) < 4.78 is 5.17. The Morgan fingerprint density at radius 2 is 2.12 bits per heavy atom. The second-order valence-corrected chi connectivity index (χ2v) is 4.12. The third kappa shape index (κ3) is 1.51. The minimum Gasteiger partial charge on any atom is -0.495 e. The molecule has 0 N–H and O–H groups in total. The first-order valence-electron chi connectivity index (χ1n) is 4.80. The molecule has 1 aromatic carbocycles. The quantitative estimate of drug-likeness (QED) is 0.626. The Morgan fingerprint density at radius 1 is 1.38 bits per heavy atom. The highest BCUT2D eigenvalue weighted by Gasteiger charge is 2.37. The zero-order valence-corrected chi connectivity index (χ0v) is 10.3. The van der Waals surface area contributed by atoms with Crippen LogP contribution in [0.4, 0.5) is 5.69 Å². The number of carbonyl (C=O) groups is 2.